The van der Waals surface area contributed by atoms with E-state index in [1.807, 2.05) is 60.7 Å². The fourth-order valence-electron chi connectivity index (χ4n) is 3.49. The van der Waals surface area contributed by atoms with Crippen LogP contribution in [0.3, 0.4) is 0 Å². The van der Waals surface area contributed by atoms with E-state index >= 15 is 0 Å². The number of anilines is 1. The number of ether oxygens (including phenoxy) is 2. The van der Waals surface area contributed by atoms with Crippen LogP contribution in [0.4, 0.5) is 5.69 Å². The van der Waals surface area contributed by atoms with Gasteiger partial charge in [0.1, 0.15) is 6.26 Å². The van der Waals surface area contributed by atoms with Gasteiger partial charge in [-0.2, -0.15) is 0 Å². The summed E-state index contributed by atoms with van der Waals surface area (Å²) in [5.74, 6) is -1.66. The summed E-state index contributed by atoms with van der Waals surface area (Å²) in [7, 11) is 0. The van der Waals surface area contributed by atoms with Crippen LogP contribution in [0.1, 0.15) is 27.0 Å². The van der Waals surface area contributed by atoms with Crippen LogP contribution in [0, 0.1) is 0 Å². The molecule has 162 valence electrons. The Morgan fingerprint density at radius 1 is 0.844 bits per heavy atom. The van der Waals surface area contributed by atoms with Gasteiger partial charge < -0.3 is 19.9 Å². The molecule has 0 spiro atoms. The number of rotatable bonds is 8. The molecule has 1 aliphatic heterocycles. The van der Waals surface area contributed by atoms with E-state index in [4.69, 9.17) is 9.47 Å². The monoisotopic (exact) mass is 429 g/mol. The Hall–Kier alpha value is -4.06. The van der Waals surface area contributed by atoms with Crippen molar-refractivity contribution in [3.8, 4) is 0 Å². The van der Waals surface area contributed by atoms with Gasteiger partial charge in [0.15, 0.2) is 0 Å². The van der Waals surface area contributed by atoms with Gasteiger partial charge in [0, 0.05) is 6.42 Å². The molecule has 1 aliphatic rings. The molecule has 1 unspecified atom stereocenters. The molecule has 3 aromatic rings. The minimum atomic E-state index is -1.12. The number of nitrogens with one attached hydrogen (secondary N) is 1. The van der Waals surface area contributed by atoms with Crippen LogP contribution in [0.25, 0.3) is 0 Å². The molecule has 1 amide bonds. The van der Waals surface area contributed by atoms with Crippen molar-refractivity contribution in [3.63, 3.8) is 0 Å². The standard InChI is InChI=1S/C26H23NO5/c28-25(23-17-31-24(32-23)16-19-9-5-2-6-10-19)27-22-15-20(13-14-21(22)26(29)30)12-11-18-7-3-1-4-8-18/h1-10,13-15,17,24H,11-12,16H2,(H,27,28)(H,29,30). The van der Waals surface area contributed by atoms with Crippen LogP contribution in [0.2, 0.25) is 0 Å². The van der Waals surface area contributed by atoms with Gasteiger partial charge in [0.05, 0.1) is 11.3 Å². The Labute approximate surface area is 186 Å². The molecular weight excluding hydrogens is 406 g/mol. The lowest BCUT2D eigenvalue weighted by atomic mass is 10.0. The van der Waals surface area contributed by atoms with Gasteiger partial charge >= 0.3 is 5.97 Å². The van der Waals surface area contributed by atoms with Gasteiger partial charge in [-0.05, 0) is 41.7 Å². The molecule has 0 bridgehead atoms. The van der Waals surface area contributed by atoms with E-state index in [1.54, 1.807) is 12.1 Å². The SMILES string of the molecule is O=C(Nc1cc(CCc2ccccc2)ccc1C(=O)O)C1=COC(Cc2ccccc2)O1. The van der Waals surface area contributed by atoms with Crippen LogP contribution in [0.15, 0.2) is 90.9 Å². The lowest BCUT2D eigenvalue weighted by Crippen LogP contribution is -2.20. The maximum Gasteiger partial charge on any atom is 0.337 e. The van der Waals surface area contributed by atoms with Crippen molar-refractivity contribution in [2.45, 2.75) is 25.6 Å². The number of hydrogen-bond donors (Lipinski definition) is 2. The first kappa shape index (κ1) is 21.2. The van der Waals surface area contributed by atoms with Crippen LogP contribution in [-0.2, 0) is 33.5 Å². The van der Waals surface area contributed by atoms with Crippen molar-refractivity contribution in [3.05, 3.63) is 113 Å². The molecule has 1 heterocycles. The minimum absolute atomic E-state index is 0.0111. The number of hydrogen-bond acceptors (Lipinski definition) is 4. The van der Waals surface area contributed by atoms with Crippen LogP contribution >= 0.6 is 0 Å². The number of carbonyl (C=O) groups excluding carboxylic acids is 1. The Morgan fingerprint density at radius 3 is 2.19 bits per heavy atom. The first-order chi connectivity index (χ1) is 15.6. The molecule has 1 atom stereocenters. The summed E-state index contributed by atoms with van der Waals surface area (Å²) in [5.41, 5.74) is 3.37. The molecule has 0 aromatic heterocycles. The van der Waals surface area contributed by atoms with E-state index in [9.17, 15) is 14.7 Å². The highest BCUT2D eigenvalue weighted by Gasteiger charge is 2.26. The predicted octanol–water partition coefficient (Wildman–Crippen LogP) is 4.57. The fraction of sp³-hybridized carbons (Fsp3) is 0.154. The number of aromatic carboxylic acids is 1. The zero-order chi connectivity index (χ0) is 22.3. The molecule has 2 N–H and O–H groups in total. The predicted molar refractivity (Wildman–Crippen MR) is 120 cm³/mol. The summed E-state index contributed by atoms with van der Waals surface area (Å²) in [5, 5.41) is 12.2. The summed E-state index contributed by atoms with van der Waals surface area (Å²) in [6, 6.07) is 24.7. The average molecular weight is 429 g/mol. The Bertz CT molecular complexity index is 1130. The van der Waals surface area contributed by atoms with E-state index in [0.29, 0.717) is 12.8 Å². The van der Waals surface area contributed by atoms with Gasteiger partial charge in [-0.3, -0.25) is 4.79 Å². The lowest BCUT2D eigenvalue weighted by molar-refractivity contribution is -0.118. The number of amides is 1. The van der Waals surface area contributed by atoms with E-state index < -0.39 is 18.2 Å². The van der Waals surface area contributed by atoms with Gasteiger partial charge in [-0.25, -0.2) is 4.79 Å². The Morgan fingerprint density at radius 2 is 1.50 bits per heavy atom. The van der Waals surface area contributed by atoms with Crippen LogP contribution in [-0.4, -0.2) is 23.3 Å². The smallest absolute Gasteiger partial charge is 0.337 e. The number of carbonyl (C=O) groups is 2. The first-order valence-electron chi connectivity index (χ1n) is 10.4. The highest BCUT2D eigenvalue weighted by molar-refractivity contribution is 6.06. The van der Waals surface area contributed by atoms with E-state index in [1.165, 1.54) is 17.9 Å². The molecule has 6 nitrogen and oxygen atoms in total. The maximum absolute atomic E-state index is 12.7. The zero-order valence-electron chi connectivity index (χ0n) is 17.4. The van der Waals surface area contributed by atoms with Gasteiger partial charge in [-0.1, -0.05) is 66.7 Å². The molecule has 0 saturated carbocycles. The normalized spacial score (nSPS) is 14.8. The Kier molecular flexibility index (Phi) is 6.51. The number of aryl methyl sites for hydroxylation is 2. The quantitative estimate of drug-likeness (QED) is 0.548. The van der Waals surface area contributed by atoms with Crippen molar-refractivity contribution >= 4 is 17.6 Å². The van der Waals surface area contributed by atoms with Gasteiger partial charge in [0.2, 0.25) is 12.0 Å². The topological polar surface area (TPSA) is 84.9 Å². The summed E-state index contributed by atoms with van der Waals surface area (Å²) in [4.78, 5) is 24.3. The third-order valence-electron chi connectivity index (χ3n) is 5.16. The average Bonchev–Trinajstić information content (AvgIpc) is 3.27. The number of carboxylic acid groups (broad SMARTS) is 1. The summed E-state index contributed by atoms with van der Waals surface area (Å²) in [6.45, 7) is 0. The van der Waals surface area contributed by atoms with E-state index in [2.05, 4.69) is 5.32 Å². The molecule has 4 rings (SSSR count). The zero-order valence-corrected chi connectivity index (χ0v) is 17.4. The summed E-state index contributed by atoms with van der Waals surface area (Å²) < 4.78 is 11.1. The highest BCUT2D eigenvalue weighted by Crippen LogP contribution is 2.23. The largest absolute Gasteiger partial charge is 0.478 e. The molecule has 0 aliphatic carbocycles. The molecule has 6 heteroatoms. The van der Waals surface area contributed by atoms with E-state index in [0.717, 1.165) is 17.5 Å². The first-order valence-corrected chi connectivity index (χ1v) is 10.4. The second-order valence-corrected chi connectivity index (χ2v) is 7.48. The van der Waals surface area contributed by atoms with Crippen molar-refractivity contribution in [2.24, 2.45) is 0 Å². The third-order valence-corrected chi connectivity index (χ3v) is 5.16. The lowest BCUT2D eigenvalue weighted by Gasteiger charge is -2.13. The molecule has 32 heavy (non-hydrogen) atoms. The van der Waals surface area contributed by atoms with Gasteiger partial charge in [0.25, 0.3) is 5.91 Å². The number of benzene rings is 3. The van der Waals surface area contributed by atoms with E-state index in [-0.39, 0.29) is 17.0 Å². The second-order valence-electron chi connectivity index (χ2n) is 7.48. The highest BCUT2D eigenvalue weighted by atomic mass is 16.7. The molecule has 0 saturated heterocycles. The molecule has 0 radical (unpaired) electrons. The summed E-state index contributed by atoms with van der Waals surface area (Å²) >= 11 is 0. The fourth-order valence-corrected chi connectivity index (χ4v) is 3.49. The van der Waals surface area contributed by atoms with Crippen LogP contribution < -0.4 is 5.32 Å². The third kappa shape index (κ3) is 5.35. The maximum atomic E-state index is 12.7. The van der Waals surface area contributed by atoms with Gasteiger partial charge in [-0.15, -0.1) is 0 Å². The summed E-state index contributed by atoms with van der Waals surface area (Å²) in [6.07, 6.45) is 2.68. The minimum Gasteiger partial charge on any atom is -0.478 e. The van der Waals surface area contributed by atoms with Crippen molar-refractivity contribution in [1.82, 2.24) is 0 Å². The Balaban J connectivity index is 1.41. The molecule has 0 fully saturated rings. The van der Waals surface area contributed by atoms with Crippen molar-refractivity contribution in [1.29, 1.82) is 0 Å². The molecule has 3 aromatic carbocycles. The van der Waals surface area contributed by atoms with Crippen molar-refractivity contribution in [2.75, 3.05) is 5.32 Å². The van der Waals surface area contributed by atoms with Crippen molar-refractivity contribution < 1.29 is 24.2 Å². The molecular formula is C26H23NO5. The second kappa shape index (κ2) is 9.83. The number of carboxylic acids is 1. The van der Waals surface area contributed by atoms with Crippen LogP contribution in [0.5, 0.6) is 0 Å².